The van der Waals surface area contributed by atoms with Crippen LogP contribution in [0, 0.1) is 11.6 Å². The summed E-state index contributed by atoms with van der Waals surface area (Å²) in [5.74, 6) is -2.12. The van der Waals surface area contributed by atoms with E-state index in [0.29, 0.717) is 6.54 Å². The smallest absolute Gasteiger partial charge is 0.256 e. The van der Waals surface area contributed by atoms with E-state index in [2.05, 4.69) is 4.90 Å². The van der Waals surface area contributed by atoms with Gasteiger partial charge in [-0.05, 0) is 38.6 Å². The quantitative estimate of drug-likeness (QED) is 0.859. The van der Waals surface area contributed by atoms with Crippen molar-refractivity contribution in [1.29, 1.82) is 0 Å². The molecule has 6 heteroatoms. The average Bonchev–Trinajstić information content (AvgIpc) is 2.78. The van der Waals surface area contributed by atoms with E-state index in [1.807, 2.05) is 7.05 Å². The van der Waals surface area contributed by atoms with Crippen molar-refractivity contribution in [3.63, 3.8) is 0 Å². The van der Waals surface area contributed by atoms with Gasteiger partial charge in [-0.2, -0.15) is 0 Å². The van der Waals surface area contributed by atoms with E-state index in [0.717, 1.165) is 31.5 Å². The molecule has 1 amide bonds. The molecule has 1 unspecified atom stereocenters. The lowest BCUT2D eigenvalue weighted by Crippen LogP contribution is -2.39. The van der Waals surface area contributed by atoms with Gasteiger partial charge in [-0.25, -0.2) is 8.78 Å². The van der Waals surface area contributed by atoms with Crippen LogP contribution in [0.3, 0.4) is 0 Å². The molecule has 2 rings (SSSR count). The van der Waals surface area contributed by atoms with Crippen LogP contribution in [-0.4, -0.2) is 48.9 Å². The molecule has 1 aliphatic heterocycles. The maximum atomic E-state index is 13.8. The molecule has 1 atom stereocenters. The van der Waals surface area contributed by atoms with E-state index in [1.54, 1.807) is 7.05 Å². The maximum Gasteiger partial charge on any atom is 0.256 e. The van der Waals surface area contributed by atoms with E-state index < -0.39 is 17.5 Å². The normalized spacial score (nSPS) is 19.3. The Hall–Kier alpha value is -1.69. The first-order valence-electron chi connectivity index (χ1n) is 6.60. The molecule has 2 N–H and O–H groups in total. The molecule has 1 aromatic carbocycles. The summed E-state index contributed by atoms with van der Waals surface area (Å²) >= 11 is 0. The van der Waals surface area contributed by atoms with E-state index in [9.17, 15) is 13.6 Å². The number of likely N-dealkylation sites (N-methyl/N-ethyl adjacent to an activating group) is 2. The second-order valence-electron chi connectivity index (χ2n) is 5.32. The molecule has 0 spiro atoms. The molecule has 0 bridgehead atoms. The summed E-state index contributed by atoms with van der Waals surface area (Å²) in [7, 11) is 3.59. The molecule has 1 saturated heterocycles. The molecule has 0 saturated carbocycles. The number of nitrogen functional groups attached to an aromatic ring is 1. The Morgan fingerprint density at radius 2 is 2.20 bits per heavy atom. The van der Waals surface area contributed by atoms with Gasteiger partial charge in [0.15, 0.2) is 5.82 Å². The van der Waals surface area contributed by atoms with Crippen molar-refractivity contribution >= 4 is 11.6 Å². The van der Waals surface area contributed by atoms with Crippen molar-refractivity contribution in [2.24, 2.45) is 0 Å². The number of carbonyl (C=O) groups excluding carboxylic acids is 1. The molecular formula is C14H19F2N3O. The minimum absolute atomic E-state index is 0.262. The second kappa shape index (κ2) is 5.75. The van der Waals surface area contributed by atoms with Crippen LogP contribution in [0.5, 0.6) is 0 Å². The fourth-order valence-corrected chi connectivity index (χ4v) is 2.58. The predicted molar refractivity (Wildman–Crippen MR) is 73.4 cm³/mol. The summed E-state index contributed by atoms with van der Waals surface area (Å²) in [6.45, 7) is 1.49. The zero-order valence-electron chi connectivity index (χ0n) is 11.7. The minimum Gasteiger partial charge on any atom is -0.396 e. The molecule has 0 radical (unpaired) electrons. The fraction of sp³-hybridized carbons (Fsp3) is 0.500. The van der Waals surface area contributed by atoms with Crippen LogP contribution >= 0.6 is 0 Å². The molecule has 1 fully saturated rings. The molecule has 0 aromatic heterocycles. The zero-order valence-corrected chi connectivity index (χ0v) is 11.7. The lowest BCUT2D eigenvalue weighted by molar-refractivity contribution is 0.0756. The van der Waals surface area contributed by atoms with Gasteiger partial charge in [0.1, 0.15) is 5.82 Å². The van der Waals surface area contributed by atoms with Crippen molar-refractivity contribution in [1.82, 2.24) is 9.80 Å². The number of nitrogens with zero attached hydrogens (tertiary/aromatic N) is 2. The molecular weight excluding hydrogens is 264 g/mol. The highest BCUT2D eigenvalue weighted by Gasteiger charge is 2.26. The minimum atomic E-state index is -0.858. The first-order chi connectivity index (χ1) is 9.40. The van der Waals surface area contributed by atoms with Gasteiger partial charge >= 0.3 is 0 Å². The van der Waals surface area contributed by atoms with Crippen molar-refractivity contribution in [3.05, 3.63) is 29.3 Å². The average molecular weight is 283 g/mol. The van der Waals surface area contributed by atoms with Crippen LogP contribution in [0.1, 0.15) is 23.2 Å². The van der Waals surface area contributed by atoms with Crippen LogP contribution in [0.2, 0.25) is 0 Å². The number of hydrogen-bond donors (Lipinski definition) is 1. The summed E-state index contributed by atoms with van der Waals surface area (Å²) in [6, 6.07) is 2.03. The Morgan fingerprint density at radius 1 is 1.50 bits per heavy atom. The second-order valence-corrected chi connectivity index (χ2v) is 5.32. The van der Waals surface area contributed by atoms with E-state index >= 15 is 0 Å². The van der Waals surface area contributed by atoms with Crippen molar-refractivity contribution in [3.8, 4) is 0 Å². The number of anilines is 1. The first-order valence-corrected chi connectivity index (χ1v) is 6.60. The van der Waals surface area contributed by atoms with Crippen molar-refractivity contribution in [2.75, 3.05) is 32.9 Å². The zero-order chi connectivity index (χ0) is 14.9. The molecule has 1 heterocycles. The Bertz CT molecular complexity index is 521. The highest BCUT2D eigenvalue weighted by atomic mass is 19.1. The molecule has 1 aliphatic rings. The summed E-state index contributed by atoms with van der Waals surface area (Å²) in [5, 5.41) is 0. The lowest BCUT2D eigenvalue weighted by Gasteiger charge is -2.26. The standard InChI is InChI=1S/C14H19F2N3O/c1-18-5-3-4-10(18)8-19(2)14(20)11-6-9(15)7-12(17)13(11)16/h6-7,10H,3-5,8,17H2,1-2H3. The number of benzene rings is 1. The lowest BCUT2D eigenvalue weighted by atomic mass is 10.1. The Balaban J connectivity index is 2.14. The van der Waals surface area contributed by atoms with Crippen LogP contribution in [0.15, 0.2) is 12.1 Å². The Morgan fingerprint density at radius 3 is 2.80 bits per heavy atom. The number of amides is 1. The van der Waals surface area contributed by atoms with Crippen LogP contribution in [-0.2, 0) is 0 Å². The third-order valence-electron chi connectivity index (χ3n) is 3.80. The van der Waals surface area contributed by atoms with Crippen molar-refractivity contribution in [2.45, 2.75) is 18.9 Å². The number of likely N-dealkylation sites (tertiary alicyclic amines) is 1. The van der Waals surface area contributed by atoms with E-state index in [1.165, 1.54) is 4.90 Å². The topological polar surface area (TPSA) is 49.6 Å². The molecule has 0 aliphatic carbocycles. The molecule has 110 valence electrons. The van der Waals surface area contributed by atoms with Gasteiger partial charge in [-0.1, -0.05) is 0 Å². The van der Waals surface area contributed by atoms with Crippen molar-refractivity contribution < 1.29 is 13.6 Å². The Kier molecular flexibility index (Phi) is 4.23. The summed E-state index contributed by atoms with van der Waals surface area (Å²) < 4.78 is 27.1. The van der Waals surface area contributed by atoms with Gasteiger partial charge < -0.3 is 15.5 Å². The highest BCUT2D eigenvalue weighted by molar-refractivity contribution is 5.95. The monoisotopic (exact) mass is 283 g/mol. The van der Waals surface area contributed by atoms with Crippen LogP contribution in [0.25, 0.3) is 0 Å². The maximum absolute atomic E-state index is 13.8. The number of rotatable bonds is 3. The summed E-state index contributed by atoms with van der Waals surface area (Å²) in [4.78, 5) is 15.8. The van der Waals surface area contributed by atoms with Gasteiger partial charge in [-0.3, -0.25) is 4.79 Å². The number of nitrogens with two attached hydrogens (primary N) is 1. The fourth-order valence-electron chi connectivity index (χ4n) is 2.58. The van der Waals surface area contributed by atoms with Crippen LogP contribution < -0.4 is 5.73 Å². The number of hydrogen-bond acceptors (Lipinski definition) is 3. The van der Waals surface area contributed by atoms with E-state index in [-0.39, 0.29) is 17.3 Å². The van der Waals surface area contributed by atoms with Gasteiger partial charge in [0, 0.05) is 19.6 Å². The van der Waals surface area contributed by atoms with E-state index in [4.69, 9.17) is 5.73 Å². The SMILES string of the molecule is CN(CC1CCCN1C)C(=O)c1cc(F)cc(N)c1F. The highest BCUT2D eigenvalue weighted by Crippen LogP contribution is 2.20. The largest absolute Gasteiger partial charge is 0.396 e. The third-order valence-corrected chi connectivity index (χ3v) is 3.80. The number of halogens is 2. The molecule has 4 nitrogen and oxygen atoms in total. The number of carbonyl (C=O) groups is 1. The van der Waals surface area contributed by atoms with Gasteiger partial charge in [0.25, 0.3) is 5.91 Å². The van der Waals surface area contributed by atoms with Gasteiger partial charge in [0.05, 0.1) is 11.3 Å². The molecule has 1 aromatic rings. The predicted octanol–water partition coefficient (Wildman–Crippen LogP) is 1.71. The summed E-state index contributed by atoms with van der Waals surface area (Å²) in [6.07, 6.45) is 2.09. The third kappa shape index (κ3) is 2.90. The van der Waals surface area contributed by atoms with Gasteiger partial charge in [0.2, 0.25) is 0 Å². The first kappa shape index (κ1) is 14.7. The van der Waals surface area contributed by atoms with Gasteiger partial charge in [-0.15, -0.1) is 0 Å². The summed E-state index contributed by atoms with van der Waals surface area (Å²) in [5.41, 5.74) is 4.69. The van der Waals surface area contributed by atoms with Crippen LogP contribution in [0.4, 0.5) is 14.5 Å². The molecule has 20 heavy (non-hydrogen) atoms. The Labute approximate surface area is 117 Å².